The van der Waals surface area contributed by atoms with Gasteiger partial charge in [0.2, 0.25) is 0 Å². The number of hydrogen-bond acceptors (Lipinski definition) is 2. The van der Waals surface area contributed by atoms with Crippen molar-refractivity contribution in [3.05, 3.63) is 0 Å². The molecule has 1 saturated heterocycles. The fourth-order valence-corrected chi connectivity index (χ4v) is 1.92. The third-order valence-corrected chi connectivity index (χ3v) is 2.55. The first kappa shape index (κ1) is 10.0. The van der Waals surface area contributed by atoms with Gasteiger partial charge in [-0.05, 0) is 37.3 Å². The Kier molecular flexibility index (Phi) is 3.13. The van der Waals surface area contributed by atoms with Gasteiger partial charge in [-0.3, -0.25) is 0 Å². The Morgan fingerprint density at radius 3 is 2.58 bits per heavy atom. The zero-order valence-electron chi connectivity index (χ0n) is 8.56. The molecule has 1 aliphatic heterocycles. The zero-order chi connectivity index (χ0) is 9.19. The largest absolute Gasteiger partial charge is 0.327 e. The molecule has 2 heteroatoms. The van der Waals surface area contributed by atoms with E-state index in [2.05, 4.69) is 26.1 Å². The van der Waals surface area contributed by atoms with Crippen LogP contribution in [-0.2, 0) is 0 Å². The van der Waals surface area contributed by atoms with Gasteiger partial charge in [-0.1, -0.05) is 20.8 Å². The second-order valence-electron chi connectivity index (χ2n) is 5.18. The summed E-state index contributed by atoms with van der Waals surface area (Å²) in [5.74, 6) is 0.712. The van der Waals surface area contributed by atoms with Gasteiger partial charge in [-0.15, -0.1) is 0 Å². The Balaban J connectivity index is 2.31. The molecule has 2 nitrogen and oxygen atoms in total. The van der Waals surface area contributed by atoms with Gasteiger partial charge < -0.3 is 11.1 Å². The second-order valence-corrected chi connectivity index (χ2v) is 5.18. The summed E-state index contributed by atoms with van der Waals surface area (Å²) < 4.78 is 0. The Morgan fingerprint density at radius 1 is 1.50 bits per heavy atom. The van der Waals surface area contributed by atoms with E-state index in [4.69, 9.17) is 5.73 Å². The second kappa shape index (κ2) is 3.75. The topological polar surface area (TPSA) is 38.0 Å². The maximum absolute atomic E-state index is 6.13. The highest BCUT2D eigenvalue weighted by atomic mass is 14.9. The van der Waals surface area contributed by atoms with Crippen LogP contribution in [0.5, 0.6) is 0 Å². The maximum atomic E-state index is 6.13. The summed E-state index contributed by atoms with van der Waals surface area (Å²) >= 11 is 0. The van der Waals surface area contributed by atoms with Crippen molar-refractivity contribution < 1.29 is 0 Å². The Labute approximate surface area is 75.9 Å². The van der Waals surface area contributed by atoms with Crippen LogP contribution < -0.4 is 11.1 Å². The van der Waals surface area contributed by atoms with Crippen LogP contribution in [0.1, 0.15) is 33.6 Å². The lowest BCUT2D eigenvalue weighted by atomic mass is 9.83. The molecule has 72 valence electrons. The number of nitrogens with two attached hydrogens (primary N) is 1. The summed E-state index contributed by atoms with van der Waals surface area (Å²) in [4.78, 5) is 0. The third-order valence-electron chi connectivity index (χ3n) is 2.55. The number of rotatable bonds is 2. The van der Waals surface area contributed by atoms with Crippen molar-refractivity contribution in [2.24, 2.45) is 17.1 Å². The molecule has 0 bridgehead atoms. The molecule has 1 fully saturated rings. The molecule has 12 heavy (non-hydrogen) atoms. The van der Waals surface area contributed by atoms with Crippen molar-refractivity contribution in [2.45, 2.75) is 39.7 Å². The van der Waals surface area contributed by atoms with Crippen LogP contribution >= 0.6 is 0 Å². The molecule has 0 saturated carbocycles. The standard InChI is InChI=1S/C10H22N2/c1-10(2,3)6-9(11)8-4-5-12-7-8/h8-9,12H,4-7,11H2,1-3H3. The van der Waals surface area contributed by atoms with Crippen molar-refractivity contribution in [1.82, 2.24) is 5.32 Å². The molecule has 1 aliphatic rings. The number of hydrogen-bond donors (Lipinski definition) is 2. The number of nitrogens with one attached hydrogen (secondary N) is 1. The lowest BCUT2D eigenvalue weighted by molar-refractivity contribution is 0.292. The van der Waals surface area contributed by atoms with E-state index in [0.29, 0.717) is 17.4 Å². The summed E-state index contributed by atoms with van der Waals surface area (Å²) in [5, 5.41) is 3.36. The van der Waals surface area contributed by atoms with E-state index in [9.17, 15) is 0 Å². The van der Waals surface area contributed by atoms with Gasteiger partial charge in [0.15, 0.2) is 0 Å². The average Bonchev–Trinajstić information content (AvgIpc) is 2.32. The van der Waals surface area contributed by atoms with Crippen molar-refractivity contribution in [1.29, 1.82) is 0 Å². The highest BCUT2D eigenvalue weighted by molar-refractivity contribution is 4.83. The van der Waals surface area contributed by atoms with Crippen LogP contribution in [0, 0.1) is 11.3 Å². The molecule has 0 aliphatic carbocycles. The highest BCUT2D eigenvalue weighted by Crippen LogP contribution is 2.25. The normalized spacial score (nSPS) is 27.5. The van der Waals surface area contributed by atoms with Crippen LogP contribution in [-0.4, -0.2) is 19.1 Å². The molecule has 0 aromatic carbocycles. The van der Waals surface area contributed by atoms with Crippen LogP contribution in [0.15, 0.2) is 0 Å². The lowest BCUT2D eigenvalue weighted by Crippen LogP contribution is -2.35. The van der Waals surface area contributed by atoms with Gasteiger partial charge in [0.05, 0.1) is 0 Å². The van der Waals surface area contributed by atoms with Gasteiger partial charge >= 0.3 is 0 Å². The fourth-order valence-electron chi connectivity index (χ4n) is 1.92. The SMILES string of the molecule is CC(C)(C)CC(N)C1CCNC1. The molecule has 2 atom stereocenters. The van der Waals surface area contributed by atoms with Gasteiger partial charge in [0, 0.05) is 6.04 Å². The molecule has 3 N–H and O–H groups in total. The highest BCUT2D eigenvalue weighted by Gasteiger charge is 2.25. The summed E-state index contributed by atoms with van der Waals surface area (Å²) in [6.45, 7) is 9.06. The van der Waals surface area contributed by atoms with Gasteiger partial charge in [-0.25, -0.2) is 0 Å². The first-order valence-corrected chi connectivity index (χ1v) is 4.95. The Morgan fingerprint density at radius 2 is 2.17 bits per heavy atom. The molecule has 1 heterocycles. The molecular weight excluding hydrogens is 148 g/mol. The molecule has 0 spiro atoms. The summed E-state index contributed by atoms with van der Waals surface area (Å²) in [7, 11) is 0. The van der Waals surface area contributed by atoms with E-state index in [-0.39, 0.29) is 0 Å². The minimum absolute atomic E-state index is 0.377. The average molecular weight is 170 g/mol. The maximum Gasteiger partial charge on any atom is 0.00847 e. The predicted molar refractivity (Wildman–Crippen MR) is 53.0 cm³/mol. The van der Waals surface area contributed by atoms with E-state index in [1.54, 1.807) is 0 Å². The molecule has 2 unspecified atom stereocenters. The Bertz CT molecular complexity index is 131. The van der Waals surface area contributed by atoms with Crippen molar-refractivity contribution in [3.8, 4) is 0 Å². The van der Waals surface area contributed by atoms with Crippen LogP contribution in [0.2, 0.25) is 0 Å². The first-order valence-electron chi connectivity index (χ1n) is 4.95. The van der Waals surface area contributed by atoms with Gasteiger partial charge in [0.25, 0.3) is 0 Å². The van der Waals surface area contributed by atoms with Gasteiger partial charge in [-0.2, -0.15) is 0 Å². The van der Waals surface area contributed by atoms with Crippen LogP contribution in [0.3, 0.4) is 0 Å². The van der Waals surface area contributed by atoms with E-state index in [0.717, 1.165) is 19.5 Å². The smallest absolute Gasteiger partial charge is 0.00847 e. The molecule has 0 aromatic heterocycles. The van der Waals surface area contributed by atoms with Crippen LogP contribution in [0.25, 0.3) is 0 Å². The predicted octanol–water partition coefficient (Wildman–Crippen LogP) is 1.36. The van der Waals surface area contributed by atoms with Crippen molar-refractivity contribution in [3.63, 3.8) is 0 Å². The first-order chi connectivity index (χ1) is 5.49. The van der Waals surface area contributed by atoms with Gasteiger partial charge in [0.1, 0.15) is 0 Å². The zero-order valence-corrected chi connectivity index (χ0v) is 8.56. The third kappa shape index (κ3) is 3.11. The minimum atomic E-state index is 0.377. The van der Waals surface area contributed by atoms with Crippen molar-refractivity contribution >= 4 is 0 Å². The van der Waals surface area contributed by atoms with Crippen molar-refractivity contribution in [2.75, 3.05) is 13.1 Å². The molecule has 0 aromatic rings. The summed E-state index contributed by atoms with van der Waals surface area (Å²) in [6.07, 6.45) is 2.40. The van der Waals surface area contributed by atoms with Crippen LogP contribution in [0.4, 0.5) is 0 Å². The van der Waals surface area contributed by atoms with E-state index in [1.165, 1.54) is 6.42 Å². The van der Waals surface area contributed by atoms with E-state index < -0.39 is 0 Å². The molecule has 1 rings (SSSR count). The van der Waals surface area contributed by atoms with E-state index in [1.807, 2.05) is 0 Å². The summed E-state index contributed by atoms with van der Waals surface area (Å²) in [6, 6.07) is 0.389. The van der Waals surface area contributed by atoms with E-state index >= 15 is 0 Å². The lowest BCUT2D eigenvalue weighted by Gasteiger charge is -2.26. The molecular formula is C10H22N2. The summed E-state index contributed by atoms with van der Waals surface area (Å²) in [5.41, 5.74) is 6.50. The molecule has 0 radical (unpaired) electrons. The fraction of sp³-hybridized carbons (Fsp3) is 1.00. The Hall–Kier alpha value is -0.0800. The quantitative estimate of drug-likeness (QED) is 0.656. The monoisotopic (exact) mass is 170 g/mol. The minimum Gasteiger partial charge on any atom is -0.327 e. The molecule has 0 amide bonds.